The van der Waals surface area contributed by atoms with Gasteiger partial charge < -0.3 is 4.52 Å². The van der Waals surface area contributed by atoms with Crippen molar-refractivity contribution in [3.63, 3.8) is 0 Å². The zero-order chi connectivity index (χ0) is 19.9. The SMILES string of the molecule is Cc1ccc(S(=O)(=O)NCc2nnc3c(-c4nc(C)no4)cccn23)c(C)c1. The lowest BCUT2D eigenvalue weighted by atomic mass is 10.2. The van der Waals surface area contributed by atoms with Crippen molar-refractivity contribution in [1.82, 2.24) is 29.5 Å². The number of fused-ring (bicyclic) bond motifs is 1. The van der Waals surface area contributed by atoms with Gasteiger partial charge in [0.25, 0.3) is 5.89 Å². The third-order valence-electron chi connectivity index (χ3n) is 4.30. The monoisotopic (exact) mass is 398 g/mol. The highest BCUT2D eigenvalue weighted by molar-refractivity contribution is 7.89. The van der Waals surface area contributed by atoms with Crippen molar-refractivity contribution >= 4 is 15.7 Å². The number of rotatable bonds is 5. The molecular formula is C18H18N6O3S. The number of nitrogens with zero attached hydrogens (tertiary/aromatic N) is 5. The van der Waals surface area contributed by atoms with Crippen LogP contribution in [0, 0.1) is 20.8 Å². The van der Waals surface area contributed by atoms with Crippen LogP contribution < -0.4 is 4.72 Å². The van der Waals surface area contributed by atoms with E-state index in [9.17, 15) is 8.42 Å². The third-order valence-corrected chi connectivity index (χ3v) is 5.87. The van der Waals surface area contributed by atoms with Crippen molar-refractivity contribution in [3.8, 4) is 11.5 Å². The van der Waals surface area contributed by atoms with Crippen LogP contribution >= 0.6 is 0 Å². The van der Waals surface area contributed by atoms with Gasteiger partial charge in [0.1, 0.15) is 0 Å². The average molecular weight is 398 g/mol. The van der Waals surface area contributed by atoms with E-state index >= 15 is 0 Å². The Kier molecular flexibility index (Phi) is 4.44. The topological polar surface area (TPSA) is 115 Å². The van der Waals surface area contributed by atoms with E-state index in [1.165, 1.54) is 0 Å². The fourth-order valence-electron chi connectivity index (χ4n) is 3.00. The van der Waals surface area contributed by atoms with E-state index in [1.54, 1.807) is 48.7 Å². The standard InChI is InChI=1S/C18H18N6O3S/c1-11-6-7-15(12(2)9-11)28(25,26)19-10-16-21-22-17-14(5-4-8-24(16)17)18-20-13(3)23-27-18/h4-9,19H,10H2,1-3H3. The molecule has 0 unspecified atom stereocenters. The van der Waals surface area contributed by atoms with Gasteiger partial charge in [-0.05, 0) is 44.5 Å². The molecule has 0 radical (unpaired) electrons. The number of nitrogens with one attached hydrogen (secondary N) is 1. The molecule has 3 heterocycles. The fraction of sp³-hybridized carbons (Fsp3) is 0.222. The normalized spacial score (nSPS) is 12.0. The van der Waals surface area contributed by atoms with Gasteiger partial charge >= 0.3 is 0 Å². The maximum atomic E-state index is 12.7. The molecule has 0 aliphatic carbocycles. The second-order valence-corrected chi connectivity index (χ2v) is 8.21. The van der Waals surface area contributed by atoms with Crippen LogP contribution in [0.25, 0.3) is 17.1 Å². The average Bonchev–Trinajstić information content (AvgIpc) is 3.25. The first-order chi connectivity index (χ1) is 13.3. The maximum Gasteiger partial charge on any atom is 0.261 e. The first-order valence-electron chi connectivity index (χ1n) is 8.55. The number of hydrogen-bond donors (Lipinski definition) is 1. The van der Waals surface area contributed by atoms with E-state index < -0.39 is 10.0 Å². The lowest BCUT2D eigenvalue weighted by Crippen LogP contribution is -2.25. The van der Waals surface area contributed by atoms with Gasteiger partial charge in [-0.3, -0.25) is 4.40 Å². The second-order valence-electron chi connectivity index (χ2n) is 6.47. The quantitative estimate of drug-likeness (QED) is 0.548. The summed E-state index contributed by atoms with van der Waals surface area (Å²) in [6.45, 7) is 5.40. The van der Waals surface area contributed by atoms with Gasteiger partial charge in [0.15, 0.2) is 17.3 Å². The molecule has 9 nitrogen and oxygen atoms in total. The van der Waals surface area contributed by atoms with Gasteiger partial charge in [0.05, 0.1) is 17.0 Å². The highest BCUT2D eigenvalue weighted by Crippen LogP contribution is 2.22. The van der Waals surface area contributed by atoms with Crippen molar-refractivity contribution in [2.45, 2.75) is 32.2 Å². The first-order valence-corrected chi connectivity index (χ1v) is 10.0. The van der Waals surface area contributed by atoms with E-state index in [2.05, 4.69) is 25.1 Å². The Morgan fingerprint density at radius 2 is 1.96 bits per heavy atom. The summed E-state index contributed by atoms with van der Waals surface area (Å²) in [5, 5.41) is 12.1. The molecule has 0 atom stereocenters. The molecular weight excluding hydrogens is 380 g/mol. The molecule has 4 aromatic rings. The Balaban J connectivity index is 1.64. The Morgan fingerprint density at radius 1 is 1.14 bits per heavy atom. The molecule has 0 saturated heterocycles. The summed E-state index contributed by atoms with van der Waals surface area (Å²) in [7, 11) is -3.68. The summed E-state index contributed by atoms with van der Waals surface area (Å²) in [4.78, 5) is 4.46. The number of sulfonamides is 1. The zero-order valence-corrected chi connectivity index (χ0v) is 16.4. The van der Waals surface area contributed by atoms with Crippen LogP contribution in [0.5, 0.6) is 0 Å². The second kappa shape index (κ2) is 6.80. The van der Waals surface area contributed by atoms with Gasteiger partial charge in [-0.1, -0.05) is 22.9 Å². The van der Waals surface area contributed by atoms with Gasteiger partial charge in [-0.2, -0.15) is 4.98 Å². The first kappa shape index (κ1) is 18.3. The molecule has 0 bridgehead atoms. The minimum atomic E-state index is -3.68. The van der Waals surface area contributed by atoms with E-state index in [-0.39, 0.29) is 11.4 Å². The minimum absolute atomic E-state index is 0.0108. The van der Waals surface area contributed by atoms with Crippen LogP contribution in [-0.4, -0.2) is 33.2 Å². The van der Waals surface area contributed by atoms with E-state index in [4.69, 9.17) is 4.52 Å². The predicted octanol–water partition coefficient (Wildman–Crippen LogP) is 2.18. The molecule has 0 fully saturated rings. The van der Waals surface area contributed by atoms with Crippen molar-refractivity contribution in [2.75, 3.05) is 0 Å². The van der Waals surface area contributed by atoms with Gasteiger partial charge in [-0.15, -0.1) is 10.2 Å². The number of benzene rings is 1. The summed E-state index contributed by atoms with van der Waals surface area (Å²) in [6, 6.07) is 8.78. The van der Waals surface area contributed by atoms with Crippen molar-refractivity contribution in [2.24, 2.45) is 0 Å². The van der Waals surface area contributed by atoms with E-state index in [1.807, 2.05) is 13.0 Å². The molecule has 1 aromatic carbocycles. The molecule has 0 saturated carbocycles. The van der Waals surface area contributed by atoms with Gasteiger partial charge in [0.2, 0.25) is 10.0 Å². The molecule has 3 aromatic heterocycles. The number of pyridine rings is 1. The molecule has 144 valence electrons. The molecule has 0 aliphatic heterocycles. The van der Waals surface area contributed by atoms with Crippen molar-refractivity contribution in [3.05, 3.63) is 59.3 Å². The molecule has 0 spiro atoms. The Hall–Kier alpha value is -3.11. The van der Waals surface area contributed by atoms with Crippen LogP contribution in [0.3, 0.4) is 0 Å². The van der Waals surface area contributed by atoms with Crippen LogP contribution in [-0.2, 0) is 16.6 Å². The smallest absolute Gasteiger partial charge is 0.261 e. The summed E-state index contributed by atoms with van der Waals surface area (Å²) < 4.78 is 34.9. The predicted molar refractivity (Wildman–Crippen MR) is 101 cm³/mol. The minimum Gasteiger partial charge on any atom is -0.334 e. The Bertz CT molecular complexity index is 1280. The van der Waals surface area contributed by atoms with Crippen LogP contribution in [0.1, 0.15) is 22.8 Å². The van der Waals surface area contributed by atoms with E-state index in [0.29, 0.717) is 34.3 Å². The molecule has 1 N–H and O–H groups in total. The zero-order valence-electron chi connectivity index (χ0n) is 15.5. The van der Waals surface area contributed by atoms with Crippen LogP contribution in [0.15, 0.2) is 45.9 Å². The van der Waals surface area contributed by atoms with Crippen molar-refractivity contribution in [1.29, 1.82) is 0 Å². The molecule has 4 rings (SSSR count). The van der Waals surface area contributed by atoms with E-state index in [0.717, 1.165) is 5.56 Å². The van der Waals surface area contributed by atoms with Crippen molar-refractivity contribution < 1.29 is 12.9 Å². The van der Waals surface area contributed by atoms with Crippen LogP contribution in [0.4, 0.5) is 0 Å². The maximum absolute atomic E-state index is 12.7. The van der Waals surface area contributed by atoms with Gasteiger partial charge in [-0.25, -0.2) is 13.1 Å². The summed E-state index contributed by atoms with van der Waals surface area (Å²) >= 11 is 0. The van der Waals surface area contributed by atoms with Crippen LogP contribution in [0.2, 0.25) is 0 Å². The summed E-state index contributed by atoms with van der Waals surface area (Å²) in [6.07, 6.45) is 1.75. The highest BCUT2D eigenvalue weighted by atomic mass is 32.2. The third kappa shape index (κ3) is 3.27. The number of aromatic nitrogens is 5. The van der Waals surface area contributed by atoms with Gasteiger partial charge in [0, 0.05) is 6.20 Å². The lowest BCUT2D eigenvalue weighted by molar-refractivity contribution is 0.426. The molecule has 0 amide bonds. The number of hydrogen-bond acceptors (Lipinski definition) is 7. The summed E-state index contributed by atoms with van der Waals surface area (Å²) in [5.74, 6) is 1.29. The highest BCUT2D eigenvalue weighted by Gasteiger charge is 2.19. The largest absolute Gasteiger partial charge is 0.334 e. The molecule has 0 aliphatic rings. The lowest BCUT2D eigenvalue weighted by Gasteiger charge is -2.09. The molecule has 28 heavy (non-hydrogen) atoms. The molecule has 10 heteroatoms. The summed E-state index contributed by atoms with van der Waals surface area (Å²) in [5.41, 5.74) is 2.82. The Morgan fingerprint density at radius 3 is 2.68 bits per heavy atom. The number of aryl methyl sites for hydroxylation is 3. The fourth-order valence-corrected chi connectivity index (χ4v) is 4.20. The Labute approximate surface area is 161 Å².